The molecule has 0 atom stereocenters. The van der Waals surface area contributed by atoms with Gasteiger partial charge in [0.25, 0.3) is 5.91 Å². The van der Waals surface area contributed by atoms with Crippen molar-refractivity contribution in [3.63, 3.8) is 0 Å². The van der Waals surface area contributed by atoms with Crippen molar-refractivity contribution in [2.45, 2.75) is 6.61 Å². The molecule has 0 bridgehead atoms. The molecule has 0 fully saturated rings. The first-order valence-corrected chi connectivity index (χ1v) is 10.8. The number of hydrazone groups is 1. The van der Waals surface area contributed by atoms with Gasteiger partial charge in [0.05, 0.1) is 33.5 Å². The van der Waals surface area contributed by atoms with Crippen molar-refractivity contribution in [1.29, 1.82) is 5.26 Å². The Bertz CT molecular complexity index is 1440. The number of hydrogen-bond donors (Lipinski definition) is 1. The monoisotopic (exact) mass is 491 g/mol. The summed E-state index contributed by atoms with van der Waals surface area (Å²) in [5.74, 6) is -1.24. The Hall–Kier alpha value is -3.92. The van der Waals surface area contributed by atoms with Gasteiger partial charge in [-0.15, -0.1) is 0 Å². The van der Waals surface area contributed by atoms with Crippen molar-refractivity contribution < 1.29 is 13.9 Å². The van der Waals surface area contributed by atoms with Gasteiger partial charge >= 0.3 is 0 Å². The van der Waals surface area contributed by atoms with E-state index in [-0.39, 0.29) is 27.8 Å². The first-order chi connectivity index (χ1) is 16.5. The van der Waals surface area contributed by atoms with E-state index < -0.39 is 11.7 Å². The molecule has 0 aromatic heterocycles. The lowest BCUT2D eigenvalue weighted by Crippen LogP contribution is -2.19. The predicted octanol–water partition coefficient (Wildman–Crippen LogP) is 6.50. The van der Waals surface area contributed by atoms with Gasteiger partial charge in [-0.1, -0.05) is 65.7 Å². The lowest BCUT2D eigenvalue weighted by molar-refractivity contribution is 0.0951. The zero-order valence-electron chi connectivity index (χ0n) is 17.6. The fourth-order valence-corrected chi connectivity index (χ4v) is 3.97. The first kappa shape index (κ1) is 23.2. The highest BCUT2D eigenvalue weighted by atomic mass is 35.5. The number of rotatable bonds is 6. The second kappa shape index (κ2) is 10.3. The number of carbonyl (C=O) groups excluding carboxylic acids is 1. The Morgan fingerprint density at radius 3 is 2.53 bits per heavy atom. The summed E-state index contributed by atoms with van der Waals surface area (Å²) in [6, 6.07) is 22.5. The summed E-state index contributed by atoms with van der Waals surface area (Å²) in [5, 5.41) is 15.4. The molecule has 1 amide bonds. The number of carbonyl (C=O) groups is 1. The largest absolute Gasteiger partial charge is 0.486 e. The number of ether oxygens (including phenoxy) is 1. The summed E-state index contributed by atoms with van der Waals surface area (Å²) >= 11 is 12.7. The number of amides is 1. The first-order valence-electron chi connectivity index (χ1n) is 10.1. The molecule has 0 aliphatic carbocycles. The molecule has 0 heterocycles. The number of benzene rings is 4. The summed E-state index contributed by atoms with van der Waals surface area (Å²) in [6.07, 6.45) is 1.33. The van der Waals surface area contributed by atoms with Crippen molar-refractivity contribution in [2.75, 3.05) is 0 Å². The molecule has 8 heteroatoms. The van der Waals surface area contributed by atoms with E-state index >= 15 is 0 Å². The molecule has 0 aliphatic rings. The van der Waals surface area contributed by atoms with Crippen molar-refractivity contribution in [2.24, 2.45) is 5.10 Å². The van der Waals surface area contributed by atoms with E-state index in [2.05, 4.69) is 10.5 Å². The highest BCUT2D eigenvalue weighted by Gasteiger charge is 2.13. The van der Waals surface area contributed by atoms with Crippen molar-refractivity contribution in [3.8, 4) is 11.8 Å². The van der Waals surface area contributed by atoms with Crippen LogP contribution in [0, 0.1) is 17.1 Å². The minimum Gasteiger partial charge on any atom is -0.486 e. The van der Waals surface area contributed by atoms with Crippen LogP contribution in [0.25, 0.3) is 10.8 Å². The fraction of sp³-hybridized carbons (Fsp3) is 0.0385. The van der Waals surface area contributed by atoms with Crippen LogP contribution in [0.15, 0.2) is 77.9 Å². The third kappa shape index (κ3) is 5.18. The van der Waals surface area contributed by atoms with Gasteiger partial charge in [-0.2, -0.15) is 10.4 Å². The van der Waals surface area contributed by atoms with Crippen LogP contribution in [0.1, 0.15) is 27.0 Å². The summed E-state index contributed by atoms with van der Waals surface area (Å²) in [6.45, 7) is 0.278. The van der Waals surface area contributed by atoms with Crippen LogP contribution in [0.4, 0.5) is 4.39 Å². The van der Waals surface area contributed by atoms with Gasteiger partial charge in [-0.25, -0.2) is 9.82 Å². The number of fused-ring (bicyclic) bond motifs is 1. The lowest BCUT2D eigenvalue weighted by atomic mass is 10.1. The standard InChI is InChI=1S/C26H16Cl2FN3O2/c27-22-10-17(14-31-32-26(33)21-9-8-16(13-30)12-24(21)29)11-23(28)25(22)34-15-19-6-3-5-18-4-1-2-7-20(18)19/h1-12,14H,15H2,(H,32,33)/b31-14+. The lowest BCUT2D eigenvalue weighted by Gasteiger charge is -2.12. The van der Waals surface area contributed by atoms with Crippen LogP contribution in [0.2, 0.25) is 10.0 Å². The molecular weight excluding hydrogens is 476 g/mol. The van der Waals surface area contributed by atoms with Gasteiger partial charge < -0.3 is 4.74 Å². The zero-order valence-corrected chi connectivity index (χ0v) is 19.1. The molecule has 0 radical (unpaired) electrons. The molecule has 0 saturated heterocycles. The van der Waals surface area contributed by atoms with Crippen LogP contribution < -0.4 is 10.2 Å². The SMILES string of the molecule is N#Cc1ccc(C(=O)N/N=C/c2cc(Cl)c(OCc3cccc4ccccc34)c(Cl)c2)c(F)c1. The average molecular weight is 492 g/mol. The molecule has 4 aromatic carbocycles. The summed E-state index contributed by atoms with van der Waals surface area (Å²) in [4.78, 5) is 12.1. The highest BCUT2D eigenvalue weighted by molar-refractivity contribution is 6.37. The number of nitrogens with zero attached hydrogens (tertiary/aromatic N) is 2. The van der Waals surface area contributed by atoms with E-state index in [0.717, 1.165) is 22.4 Å². The predicted molar refractivity (Wildman–Crippen MR) is 131 cm³/mol. The molecule has 4 rings (SSSR count). The van der Waals surface area contributed by atoms with Crippen molar-refractivity contribution in [3.05, 3.63) is 111 Å². The fourth-order valence-electron chi connectivity index (χ4n) is 3.35. The van der Waals surface area contributed by atoms with E-state index in [9.17, 15) is 9.18 Å². The van der Waals surface area contributed by atoms with E-state index in [0.29, 0.717) is 11.3 Å². The maximum Gasteiger partial charge on any atom is 0.274 e. The maximum atomic E-state index is 14.0. The molecule has 0 aliphatic heterocycles. The molecule has 0 saturated carbocycles. The minimum atomic E-state index is -0.814. The van der Waals surface area contributed by atoms with Crippen LogP contribution in [-0.2, 0) is 6.61 Å². The average Bonchev–Trinajstić information content (AvgIpc) is 2.83. The Labute approximate surface area is 205 Å². The topological polar surface area (TPSA) is 74.5 Å². The molecule has 1 N–H and O–H groups in total. The minimum absolute atomic E-state index is 0.115. The second-order valence-corrected chi connectivity index (χ2v) is 8.06. The molecule has 0 unspecified atom stereocenters. The van der Waals surface area contributed by atoms with Crippen LogP contribution >= 0.6 is 23.2 Å². The molecule has 5 nitrogen and oxygen atoms in total. The van der Waals surface area contributed by atoms with E-state index in [1.807, 2.05) is 42.5 Å². The number of halogens is 3. The molecule has 0 spiro atoms. The third-order valence-electron chi connectivity index (χ3n) is 5.00. The molecule has 168 valence electrons. The second-order valence-electron chi connectivity index (χ2n) is 7.25. The van der Waals surface area contributed by atoms with Crippen LogP contribution in [-0.4, -0.2) is 12.1 Å². The molecule has 34 heavy (non-hydrogen) atoms. The van der Waals surface area contributed by atoms with E-state index in [4.69, 9.17) is 33.2 Å². The Kier molecular flexibility index (Phi) is 7.07. The third-order valence-corrected chi connectivity index (χ3v) is 5.56. The number of hydrogen-bond acceptors (Lipinski definition) is 4. The van der Waals surface area contributed by atoms with Gasteiger partial charge in [0, 0.05) is 0 Å². The Balaban J connectivity index is 1.44. The quantitative estimate of drug-likeness (QED) is 0.247. The van der Waals surface area contributed by atoms with Crippen molar-refractivity contribution >= 4 is 46.1 Å². The Morgan fingerprint density at radius 2 is 1.79 bits per heavy atom. The zero-order chi connectivity index (χ0) is 24.1. The summed E-state index contributed by atoms with van der Waals surface area (Å²) in [7, 11) is 0. The molecule has 4 aromatic rings. The van der Waals surface area contributed by atoms with Gasteiger partial charge in [-0.05, 0) is 52.2 Å². The van der Waals surface area contributed by atoms with Crippen molar-refractivity contribution in [1.82, 2.24) is 5.43 Å². The maximum absolute atomic E-state index is 14.0. The summed E-state index contributed by atoms with van der Waals surface area (Å²) < 4.78 is 19.9. The van der Waals surface area contributed by atoms with Gasteiger partial charge in [0.15, 0.2) is 5.75 Å². The van der Waals surface area contributed by atoms with E-state index in [1.54, 1.807) is 18.2 Å². The highest BCUT2D eigenvalue weighted by Crippen LogP contribution is 2.35. The summed E-state index contributed by atoms with van der Waals surface area (Å²) in [5.41, 5.74) is 3.62. The smallest absolute Gasteiger partial charge is 0.274 e. The number of nitrogens with one attached hydrogen (secondary N) is 1. The van der Waals surface area contributed by atoms with Gasteiger partial charge in [0.2, 0.25) is 0 Å². The Morgan fingerprint density at radius 1 is 1.06 bits per heavy atom. The normalized spacial score (nSPS) is 10.9. The molecular formula is C26H16Cl2FN3O2. The van der Waals surface area contributed by atoms with Gasteiger partial charge in [-0.3, -0.25) is 4.79 Å². The number of nitriles is 1. The van der Waals surface area contributed by atoms with Crippen LogP contribution in [0.3, 0.4) is 0 Å². The van der Waals surface area contributed by atoms with E-state index in [1.165, 1.54) is 18.3 Å². The van der Waals surface area contributed by atoms with Crippen LogP contribution in [0.5, 0.6) is 5.75 Å². The van der Waals surface area contributed by atoms with Gasteiger partial charge in [0.1, 0.15) is 12.4 Å².